The van der Waals surface area contributed by atoms with Crippen molar-refractivity contribution in [3.8, 4) is 0 Å². The van der Waals surface area contributed by atoms with Crippen LogP contribution >= 0.6 is 0 Å². The maximum atomic E-state index is 13.0. The highest BCUT2D eigenvalue weighted by atomic mass is 16.2. The van der Waals surface area contributed by atoms with Gasteiger partial charge in [0.15, 0.2) is 5.78 Å². The third kappa shape index (κ3) is 4.42. The zero-order chi connectivity index (χ0) is 18.4. The van der Waals surface area contributed by atoms with Crippen LogP contribution in [0.15, 0.2) is 79.0 Å². The number of benzene rings is 2. The zero-order valence-corrected chi connectivity index (χ0v) is 14.6. The summed E-state index contributed by atoms with van der Waals surface area (Å²) in [5.74, 6) is -0.524. The van der Waals surface area contributed by atoms with Gasteiger partial charge in [-0.3, -0.25) is 14.6 Å². The molecule has 3 aromatic rings. The van der Waals surface area contributed by atoms with Crippen LogP contribution in [0.25, 0.3) is 0 Å². The summed E-state index contributed by atoms with van der Waals surface area (Å²) in [5, 5.41) is 2.94. The van der Waals surface area contributed by atoms with Gasteiger partial charge in [0.2, 0.25) is 5.91 Å². The van der Waals surface area contributed by atoms with Crippen molar-refractivity contribution in [3.05, 3.63) is 95.8 Å². The summed E-state index contributed by atoms with van der Waals surface area (Å²) in [5.41, 5.74) is 2.97. The minimum absolute atomic E-state index is 0.0332. The second-order valence-electron chi connectivity index (χ2n) is 6.11. The van der Waals surface area contributed by atoms with E-state index in [0.29, 0.717) is 17.7 Å². The molecule has 0 aliphatic carbocycles. The molecule has 4 nitrogen and oxygen atoms in total. The number of ketones is 1. The Morgan fingerprint density at radius 2 is 1.73 bits per heavy atom. The van der Waals surface area contributed by atoms with Crippen molar-refractivity contribution in [1.82, 2.24) is 4.98 Å². The number of hydrogen-bond donors (Lipinski definition) is 1. The molecule has 1 amide bonds. The SMILES string of the molecule is CC(=O)c1cccc(NC(=O)C(Cc2ccccn2)c2ccccc2)c1. The molecule has 3 rings (SSSR count). The summed E-state index contributed by atoms with van der Waals surface area (Å²) >= 11 is 0. The topological polar surface area (TPSA) is 59.1 Å². The van der Waals surface area contributed by atoms with Crippen LogP contribution in [0.5, 0.6) is 0 Å². The van der Waals surface area contributed by atoms with E-state index >= 15 is 0 Å². The Morgan fingerprint density at radius 3 is 2.42 bits per heavy atom. The van der Waals surface area contributed by atoms with Crippen molar-refractivity contribution in [2.45, 2.75) is 19.3 Å². The average Bonchev–Trinajstić information content (AvgIpc) is 2.67. The second-order valence-corrected chi connectivity index (χ2v) is 6.11. The number of amides is 1. The third-order valence-electron chi connectivity index (χ3n) is 4.19. The summed E-state index contributed by atoms with van der Waals surface area (Å²) in [6.07, 6.45) is 2.23. The number of carbonyl (C=O) groups is 2. The lowest BCUT2D eigenvalue weighted by Gasteiger charge is -2.17. The maximum Gasteiger partial charge on any atom is 0.232 e. The fourth-order valence-electron chi connectivity index (χ4n) is 2.82. The predicted octanol–water partition coefficient (Wildman–Crippen LogP) is 4.25. The van der Waals surface area contributed by atoms with E-state index in [1.54, 1.807) is 30.5 Å². The first-order valence-corrected chi connectivity index (χ1v) is 8.50. The van der Waals surface area contributed by atoms with Crippen LogP contribution in [-0.4, -0.2) is 16.7 Å². The lowest BCUT2D eigenvalue weighted by molar-refractivity contribution is -0.117. The highest BCUT2D eigenvalue weighted by Crippen LogP contribution is 2.23. The molecule has 0 saturated heterocycles. The molecular formula is C22H20N2O2. The van der Waals surface area contributed by atoms with Crippen molar-refractivity contribution in [3.63, 3.8) is 0 Å². The normalized spacial score (nSPS) is 11.6. The zero-order valence-electron chi connectivity index (χ0n) is 14.6. The van der Waals surface area contributed by atoms with Crippen LogP contribution in [0.3, 0.4) is 0 Å². The number of nitrogens with zero attached hydrogens (tertiary/aromatic N) is 1. The van der Waals surface area contributed by atoms with Crippen LogP contribution < -0.4 is 5.32 Å². The molecule has 2 aromatic carbocycles. The lowest BCUT2D eigenvalue weighted by atomic mass is 9.93. The van der Waals surface area contributed by atoms with Crippen LogP contribution in [0.1, 0.15) is 34.5 Å². The van der Waals surface area contributed by atoms with Crippen molar-refractivity contribution in [2.24, 2.45) is 0 Å². The Hall–Kier alpha value is -3.27. The quantitative estimate of drug-likeness (QED) is 0.680. The van der Waals surface area contributed by atoms with Gasteiger partial charge in [-0.15, -0.1) is 0 Å². The Kier molecular flexibility index (Phi) is 5.54. The summed E-state index contributed by atoms with van der Waals surface area (Å²) < 4.78 is 0. The van der Waals surface area contributed by atoms with Crippen LogP contribution in [0, 0.1) is 0 Å². The Balaban J connectivity index is 1.85. The number of anilines is 1. The number of pyridine rings is 1. The lowest BCUT2D eigenvalue weighted by Crippen LogP contribution is -2.23. The summed E-state index contributed by atoms with van der Waals surface area (Å²) in [4.78, 5) is 28.9. The Labute approximate surface area is 152 Å². The first kappa shape index (κ1) is 17.5. The van der Waals surface area contributed by atoms with Crippen molar-refractivity contribution >= 4 is 17.4 Å². The van der Waals surface area contributed by atoms with Gasteiger partial charge in [-0.1, -0.05) is 48.5 Å². The summed E-state index contributed by atoms with van der Waals surface area (Å²) in [7, 11) is 0. The molecule has 4 heteroatoms. The molecule has 1 unspecified atom stereocenters. The van der Waals surface area contributed by atoms with Crippen molar-refractivity contribution in [1.29, 1.82) is 0 Å². The van der Waals surface area contributed by atoms with Crippen molar-refractivity contribution < 1.29 is 9.59 Å². The molecule has 1 aromatic heterocycles. The highest BCUT2D eigenvalue weighted by molar-refractivity contribution is 5.99. The van der Waals surface area contributed by atoms with Crippen LogP contribution in [0.2, 0.25) is 0 Å². The van der Waals surface area contributed by atoms with Gasteiger partial charge < -0.3 is 5.32 Å². The molecule has 0 spiro atoms. The third-order valence-corrected chi connectivity index (χ3v) is 4.19. The predicted molar refractivity (Wildman–Crippen MR) is 102 cm³/mol. The Morgan fingerprint density at radius 1 is 0.962 bits per heavy atom. The summed E-state index contributed by atoms with van der Waals surface area (Å²) in [6.45, 7) is 1.51. The molecular weight excluding hydrogens is 324 g/mol. The first-order valence-electron chi connectivity index (χ1n) is 8.50. The van der Waals surface area contributed by atoms with E-state index in [0.717, 1.165) is 11.3 Å². The molecule has 1 atom stereocenters. The number of carbonyl (C=O) groups excluding carboxylic acids is 2. The standard InChI is InChI=1S/C22H20N2O2/c1-16(25)18-10-7-12-20(14-18)24-22(26)21(17-8-3-2-4-9-17)15-19-11-5-6-13-23-19/h2-14,21H,15H2,1H3,(H,24,26). The monoisotopic (exact) mass is 344 g/mol. The molecule has 130 valence electrons. The number of hydrogen-bond acceptors (Lipinski definition) is 3. The van der Waals surface area contributed by atoms with Gasteiger partial charge in [0.1, 0.15) is 0 Å². The van der Waals surface area contributed by atoms with Gasteiger partial charge in [-0.05, 0) is 36.8 Å². The van der Waals surface area contributed by atoms with E-state index in [1.807, 2.05) is 48.5 Å². The second kappa shape index (κ2) is 8.21. The number of nitrogens with one attached hydrogen (secondary N) is 1. The average molecular weight is 344 g/mol. The molecule has 0 bridgehead atoms. The minimum atomic E-state index is -0.368. The van der Waals surface area contributed by atoms with Gasteiger partial charge in [-0.2, -0.15) is 0 Å². The molecule has 1 heterocycles. The molecule has 1 N–H and O–H groups in total. The fourth-order valence-corrected chi connectivity index (χ4v) is 2.82. The van der Waals surface area contributed by atoms with Gasteiger partial charge in [0, 0.05) is 29.6 Å². The molecule has 0 saturated carbocycles. The minimum Gasteiger partial charge on any atom is -0.326 e. The number of aromatic nitrogens is 1. The van der Waals surface area contributed by atoms with E-state index in [9.17, 15) is 9.59 Å². The Bertz CT molecular complexity index is 892. The highest BCUT2D eigenvalue weighted by Gasteiger charge is 2.22. The maximum absolute atomic E-state index is 13.0. The van der Waals surface area contributed by atoms with Gasteiger partial charge in [0.05, 0.1) is 5.92 Å². The molecule has 0 aliphatic heterocycles. The molecule has 0 fully saturated rings. The molecule has 26 heavy (non-hydrogen) atoms. The number of rotatable bonds is 6. The molecule has 0 aliphatic rings. The van der Waals surface area contributed by atoms with E-state index < -0.39 is 0 Å². The van der Waals surface area contributed by atoms with Crippen molar-refractivity contribution in [2.75, 3.05) is 5.32 Å². The molecule has 0 radical (unpaired) electrons. The fraction of sp³-hybridized carbons (Fsp3) is 0.136. The van der Waals surface area contributed by atoms with Gasteiger partial charge in [-0.25, -0.2) is 0 Å². The van der Waals surface area contributed by atoms with E-state index in [-0.39, 0.29) is 17.6 Å². The number of Topliss-reactive ketones (excluding diaryl/α,β-unsaturated/α-hetero) is 1. The van der Waals surface area contributed by atoms with E-state index in [1.165, 1.54) is 6.92 Å². The van der Waals surface area contributed by atoms with Gasteiger partial charge >= 0.3 is 0 Å². The smallest absolute Gasteiger partial charge is 0.232 e. The van der Waals surface area contributed by atoms with Crippen LogP contribution in [-0.2, 0) is 11.2 Å². The first-order chi connectivity index (χ1) is 12.6. The van der Waals surface area contributed by atoms with E-state index in [4.69, 9.17) is 0 Å². The largest absolute Gasteiger partial charge is 0.326 e. The van der Waals surface area contributed by atoms with E-state index in [2.05, 4.69) is 10.3 Å². The van der Waals surface area contributed by atoms with Gasteiger partial charge in [0.25, 0.3) is 0 Å². The summed E-state index contributed by atoms with van der Waals surface area (Å²) in [6, 6.07) is 22.3. The van der Waals surface area contributed by atoms with Crippen LogP contribution in [0.4, 0.5) is 5.69 Å².